The van der Waals surface area contributed by atoms with Crippen molar-refractivity contribution in [3.63, 3.8) is 0 Å². The molecule has 0 unspecified atom stereocenters. The Kier molecular flexibility index (Phi) is 7.55. The van der Waals surface area contributed by atoms with Crippen LogP contribution < -0.4 is 10.2 Å². The van der Waals surface area contributed by atoms with Crippen molar-refractivity contribution in [2.24, 2.45) is 0 Å². The van der Waals surface area contributed by atoms with Gasteiger partial charge in [-0.1, -0.05) is 12.5 Å². The molecule has 2 amide bonds. The van der Waals surface area contributed by atoms with Gasteiger partial charge in [-0.05, 0) is 60.5 Å². The lowest BCUT2D eigenvalue weighted by Crippen LogP contribution is -2.31. The number of carbonyl (C=O) groups is 2. The first-order valence-electron chi connectivity index (χ1n) is 10.8. The summed E-state index contributed by atoms with van der Waals surface area (Å²) < 4.78 is 0. The Labute approximate surface area is 179 Å². The van der Waals surface area contributed by atoms with Gasteiger partial charge in [0.2, 0.25) is 11.8 Å². The molecule has 2 N–H and O–H groups in total. The van der Waals surface area contributed by atoms with Gasteiger partial charge in [-0.2, -0.15) is 0 Å². The SMILES string of the molecule is B[C@@H](C(=O)NCCCCCC(=O)N1CCc2cc(O)ccc21)[C@@H](B)c1cccnc1. The summed E-state index contributed by atoms with van der Waals surface area (Å²) in [7, 11) is 3.99. The van der Waals surface area contributed by atoms with Gasteiger partial charge in [0.05, 0.1) is 0 Å². The van der Waals surface area contributed by atoms with Gasteiger partial charge in [-0.15, -0.1) is 0 Å². The quantitative estimate of drug-likeness (QED) is 0.485. The van der Waals surface area contributed by atoms with Crippen molar-refractivity contribution >= 4 is 33.2 Å². The Bertz CT molecular complexity index is 879. The number of nitrogens with zero attached hydrogens (tertiary/aromatic N) is 2. The average Bonchev–Trinajstić information content (AvgIpc) is 3.18. The van der Waals surface area contributed by atoms with Crippen LogP contribution in [0.1, 0.15) is 42.6 Å². The summed E-state index contributed by atoms with van der Waals surface area (Å²) in [6, 6.07) is 9.08. The number of phenols is 1. The van der Waals surface area contributed by atoms with Gasteiger partial charge < -0.3 is 15.3 Å². The van der Waals surface area contributed by atoms with Crippen molar-refractivity contribution < 1.29 is 14.7 Å². The maximum Gasteiger partial charge on any atom is 0.226 e. The number of hydrogen-bond acceptors (Lipinski definition) is 4. The van der Waals surface area contributed by atoms with Crippen LogP contribution in [0.15, 0.2) is 42.7 Å². The number of benzene rings is 1. The molecule has 1 aromatic carbocycles. The molecule has 0 fully saturated rings. The summed E-state index contributed by atoms with van der Waals surface area (Å²) in [4.78, 5) is 30.9. The number of nitrogens with one attached hydrogen (secondary N) is 1. The van der Waals surface area contributed by atoms with Crippen LogP contribution in [-0.4, -0.2) is 50.7 Å². The zero-order valence-electron chi connectivity index (χ0n) is 17.8. The predicted octanol–water partition coefficient (Wildman–Crippen LogP) is 1.15. The Morgan fingerprint density at radius 3 is 2.80 bits per heavy atom. The smallest absolute Gasteiger partial charge is 0.226 e. The summed E-state index contributed by atoms with van der Waals surface area (Å²) in [5.41, 5.74) is 3.01. The van der Waals surface area contributed by atoms with E-state index in [-0.39, 0.29) is 29.2 Å². The summed E-state index contributed by atoms with van der Waals surface area (Å²) >= 11 is 0. The fraction of sp³-hybridized carbons (Fsp3) is 0.409. The molecule has 0 saturated carbocycles. The van der Waals surface area contributed by atoms with E-state index in [1.807, 2.05) is 45.0 Å². The van der Waals surface area contributed by atoms with Gasteiger partial charge in [-0.25, -0.2) is 0 Å². The summed E-state index contributed by atoms with van der Waals surface area (Å²) in [6.45, 7) is 1.31. The summed E-state index contributed by atoms with van der Waals surface area (Å²) in [5, 5.41) is 12.6. The third-order valence-electron chi connectivity index (χ3n) is 6.00. The number of hydrogen-bond donors (Lipinski definition) is 2. The number of amides is 2. The Morgan fingerprint density at radius 1 is 1.20 bits per heavy atom. The molecule has 156 valence electrons. The van der Waals surface area contributed by atoms with Gasteiger partial charge in [0.15, 0.2) is 0 Å². The minimum Gasteiger partial charge on any atom is -0.508 e. The van der Waals surface area contributed by atoms with Crippen LogP contribution >= 0.6 is 0 Å². The van der Waals surface area contributed by atoms with Gasteiger partial charge in [0.1, 0.15) is 21.4 Å². The first-order chi connectivity index (χ1) is 14.5. The normalized spacial score (nSPS) is 14.7. The molecule has 3 rings (SSSR count). The maximum atomic E-state index is 12.5. The minimum atomic E-state index is -0.120. The molecular formula is C22H29B2N3O3. The number of aromatic hydroxyl groups is 1. The molecule has 2 heterocycles. The lowest BCUT2D eigenvalue weighted by Gasteiger charge is -2.20. The highest BCUT2D eigenvalue weighted by Crippen LogP contribution is 2.31. The Hall–Kier alpha value is -2.76. The topological polar surface area (TPSA) is 82.5 Å². The maximum absolute atomic E-state index is 12.5. The van der Waals surface area contributed by atoms with E-state index in [1.165, 1.54) is 0 Å². The minimum absolute atomic E-state index is 0.0550. The van der Waals surface area contributed by atoms with Crippen molar-refractivity contribution in [2.75, 3.05) is 18.0 Å². The van der Waals surface area contributed by atoms with Crippen LogP contribution in [-0.2, 0) is 16.0 Å². The van der Waals surface area contributed by atoms with Crippen molar-refractivity contribution in [2.45, 2.75) is 43.7 Å². The number of pyridine rings is 1. The molecule has 0 bridgehead atoms. The average molecular weight is 405 g/mol. The molecule has 1 aliphatic rings. The van der Waals surface area contributed by atoms with Crippen LogP contribution in [0.5, 0.6) is 5.75 Å². The van der Waals surface area contributed by atoms with E-state index in [9.17, 15) is 14.7 Å². The lowest BCUT2D eigenvalue weighted by atomic mass is 9.63. The third kappa shape index (κ3) is 5.43. The van der Waals surface area contributed by atoms with E-state index in [0.29, 0.717) is 19.5 Å². The number of rotatable bonds is 9. The molecule has 1 aliphatic heterocycles. The molecular weight excluding hydrogens is 376 g/mol. The van der Waals surface area contributed by atoms with Gasteiger partial charge >= 0.3 is 0 Å². The fourth-order valence-electron chi connectivity index (χ4n) is 3.89. The first kappa shape index (κ1) is 21.9. The van der Waals surface area contributed by atoms with E-state index >= 15 is 0 Å². The van der Waals surface area contributed by atoms with E-state index in [0.717, 1.165) is 42.5 Å². The highest BCUT2D eigenvalue weighted by Gasteiger charge is 2.24. The number of fused-ring (bicyclic) bond motifs is 1. The monoisotopic (exact) mass is 405 g/mol. The highest BCUT2D eigenvalue weighted by molar-refractivity contribution is 6.30. The van der Waals surface area contributed by atoms with E-state index in [2.05, 4.69) is 10.3 Å². The first-order valence-corrected chi connectivity index (χ1v) is 10.8. The standard InChI is InChI=1S/C22H29B2N3O3/c23-20(16-5-4-10-25-14-16)21(24)22(30)26-11-3-1-2-6-19(29)27-12-9-15-13-17(28)7-8-18(15)27/h4-5,7-8,10,13-14,20-21,28H,1-3,6,9,11-12,23-24H2,(H,26,30)/t20-,21+/m0/s1. The second-order valence-corrected chi connectivity index (χ2v) is 8.07. The molecule has 2 aromatic rings. The van der Waals surface area contributed by atoms with E-state index in [1.54, 1.807) is 18.3 Å². The van der Waals surface area contributed by atoms with Crippen LogP contribution in [0, 0.1) is 0 Å². The molecule has 1 aromatic heterocycles. The molecule has 0 saturated heterocycles. The number of anilines is 1. The summed E-state index contributed by atoms with van der Waals surface area (Å²) in [6.07, 6.45) is 7.40. The third-order valence-corrected chi connectivity index (χ3v) is 6.00. The number of phenolic OH excluding ortho intramolecular Hbond substituents is 1. The second kappa shape index (κ2) is 10.3. The lowest BCUT2D eigenvalue weighted by molar-refractivity contribution is -0.121. The molecule has 30 heavy (non-hydrogen) atoms. The molecule has 0 radical (unpaired) electrons. The van der Waals surface area contributed by atoms with Gasteiger partial charge in [0, 0.05) is 43.4 Å². The summed E-state index contributed by atoms with van der Waals surface area (Å²) in [5.74, 6) is 0.419. The van der Waals surface area contributed by atoms with Gasteiger partial charge in [0.25, 0.3) is 0 Å². The largest absolute Gasteiger partial charge is 0.508 e. The predicted molar refractivity (Wildman–Crippen MR) is 123 cm³/mol. The van der Waals surface area contributed by atoms with Crippen molar-refractivity contribution in [3.8, 4) is 5.75 Å². The molecule has 6 nitrogen and oxygen atoms in total. The molecule has 2 atom stereocenters. The zero-order valence-corrected chi connectivity index (χ0v) is 17.8. The van der Waals surface area contributed by atoms with Crippen LogP contribution in [0.25, 0.3) is 0 Å². The Morgan fingerprint density at radius 2 is 2.03 bits per heavy atom. The second-order valence-electron chi connectivity index (χ2n) is 8.07. The number of unbranched alkanes of at least 4 members (excludes halogenated alkanes) is 2. The van der Waals surface area contributed by atoms with E-state index < -0.39 is 0 Å². The van der Waals surface area contributed by atoms with Crippen LogP contribution in [0.2, 0.25) is 5.82 Å². The van der Waals surface area contributed by atoms with Crippen molar-refractivity contribution in [1.82, 2.24) is 10.3 Å². The van der Waals surface area contributed by atoms with Crippen molar-refractivity contribution in [3.05, 3.63) is 53.9 Å². The molecule has 0 aliphatic carbocycles. The van der Waals surface area contributed by atoms with Crippen molar-refractivity contribution in [1.29, 1.82) is 0 Å². The number of carbonyl (C=O) groups excluding carboxylic acids is 2. The Balaban J connectivity index is 1.33. The fourth-order valence-corrected chi connectivity index (χ4v) is 3.89. The molecule has 8 heteroatoms. The van der Waals surface area contributed by atoms with Crippen LogP contribution in [0.4, 0.5) is 5.69 Å². The van der Waals surface area contributed by atoms with Gasteiger partial charge in [-0.3, -0.25) is 14.6 Å². The molecule has 0 spiro atoms. The van der Waals surface area contributed by atoms with E-state index in [4.69, 9.17) is 0 Å². The zero-order chi connectivity index (χ0) is 21.5. The van der Waals surface area contributed by atoms with Crippen LogP contribution in [0.3, 0.4) is 0 Å². The highest BCUT2D eigenvalue weighted by atomic mass is 16.3. The number of aromatic nitrogens is 1.